The fourth-order valence-electron chi connectivity index (χ4n) is 7.42. The molecule has 0 atom stereocenters. The summed E-state index contributed by atoms with van der Waals surface area (Å²) in [4.78, 5) is 24.1. The Balaban J connectivity index is 0.000000194. The zero-order chi connectivity index (χ0) is 46.0. The van der Waals surface area contributed by atoms with Gasteiger partial charge in [-0.3, -0.25) is 0 Å². The number of carbonyl (C=O) groups is 2. The van der Waals surface area contributed by atoms with Crippen molar-refractivity contribution in [3.05, 3.63) is 200 Å². The largest absolute Gasteiger partial charge is 0.496 e. The van der Waals surface area contributed by atoms with Crippen LogP contribution >= 0.6 is 31.9 Å². The standard InChI is InChI=1S/C27H24BrNO4.C26H22BrNO4/c1-18-9-12-24(29(18)21-11-14-25(31-2)23(16-21)27(30)32-3)22-15-20(28)10-13-26(22)33-17-19-7-5-4-6-8-19;1-17-8-11-23(28(17)20-10-13-24(31-2)22(15-20)26(29)30)21-14-19(27)9-12-25(21)32-16-18-6-4-3-5-7-18/h4-16H,17H2,1-3H3;3-15H,16H2,1-2H3,(H,29,30). The van der Waals surface area contributed by atoms with Gasteiger partial charge in [0.15, 0.2) is 0 Å². The third-order valence-electron chi connectivity index (χ3n) is 10.6. The molecule has 0 bridgehead atoms. The van der Waals surface area contributed by atoms with Gasteiger partial charge in [-0.25, -0.2) is 9.59 Å². The number of nitrogens with zero attached hydrogens (tertiary/aromatic N) is 2. The highest BCUT2D eigenvalue weighted by Gasteiger charge is 2.20. The lowest BCUT2D eigenvalue weighted by Gasteiger charge is -2.17. The summed E-state index contributed by atoms with van der Waals surface area (Å²) in [6.07, 6.45) is 0. The SMILES string of the molecule is COC(=O)c1cc(-n2c(C)ccc2-c2cc(Br)ccc2OCc2ccccc2)ccc1OC.COc1ccc(-n2c(C)ccc2-c2cc(Br)ccc2OCc2ccccc2)cc1C(=O)O. The molecule has 0 unspecified atom stereocenters. The molecule has 8 rings (SSSR count). The monoisotopic (exact) mass is 996 g/mol. The maximum Gasteiger partial charge on any atom is 0.341 e. The molecular formula is C53H46Br2N2O8. The minimum atomic E-state index is -1.04. The molecule has 2 aromatic heterocycles. The second-order valence-corrected chi connectivity index (χ2v) is 16.6. The van der Waals surface area contributed by atoms with Gasteiger partial charge in [-0.2, -0.15) is 0 Å². The maximum absolute atomic E-state index is 12.3. The van der Waals surface area contributed by atoms with E-state index >= 15 is 0 Å². The number of ether oxygens (including phenoxy) is 5. The smallest absolute Gasteiger partial charge is 0.341 e. The van der Waals surface area contributed by atoms with Gasteiger partial charge >= 0.3 is 11.9 Å². The number of rotatable bonds is 14. The first kappa shape index (κ1) is 46.0. The molecule has 0 radical (unpaired) electrons. The minimum Gasteiger partial charge on any atom is -0.496 e. The quantitative estimate of drug-likeness (QED) is 0.107. The Morgan fingerprint density at radius 1 is 0.508 bits per heavy atom. The minimum absolute atomic E-state index is 0.110. The number of esters is 1. The highest BCUT2D eigenvalue weighted by Crippen LogP contribution is 2.39. The van der Waals surface area contributed by atoms with Crippen LogP contribution < -0.4 is 18.9 Å². The molecule has 0 fully saturated rings. The number of hydrogen-bond acceptors (Lipinski definition) is 7. The predicted octanol–water partition coefficient (Wildman–Crippen LogP) is 13.1. The van der Waals surface area contributed by atoms with Gasteiger partial charge in [0.1, 0.15) is 47.3 Å². The van der Waals surface area contributed by atoms with Crippen LogP contribution in [0.4, 0.5) is 0 Å². The Morgan fingerprint density at radius 3 is 1.34 bits per heavy atom. The van der Waals surface area contributed by atoms with Crippen LogP contribution in [0.3, 0.4) is 0 Å². The molecule has 65 heavy (non-hydrogen) atoms. The van der Waals surface area contributed by atoms with E-state index in [1.54, 1.807) is 24.3 Å². The van der Waals surface area contributed by atoms with Crippen LogP contribution in [0, 0.1) is 13.8 Å². The Bertz CT molecular complexity index is 2940. The van der Waals surface area contributed by atoms with Gasteiger partial charge in [0.25, 0.3) is 0 Å². The molecule has 8 aromatic rings. The topological polar surface area (TPSA) is 110 Å². The van der Waals surface area contributed by atoms with E-state index < -0.39 is 11.9 Å². The van der Waals surface area contributed by atoms with Gasteiger partial charge in [0.05, 0.1) is 32.7 Å². The molecule has 0 aliphatic carbocycles. The van der Waals surface area contributed by atoms with E-state index in [-0.39, 0.29) is 5.56 Å². The van der Waals surface area contributed by atoms with Crippen molar-refractivity contribution in [2.75, 3.05) is 21.3 Å². The second-order valence-electron chi connectivity index (χ2n) is 14.8. The highest BCUT2D eigenvalue weighted by molar-refractivity contribution is 9.10. The third-order valence-corrected chi connectivity index (χ3v) is 11.6. The summed E-state index contributed by atoms with van der Waals surface area (Å²) in [5, 5.41) is 9.62. The summed E-state index contributed by atoms with van der Waals surface area (Å²) < 4.78 is 33.9. The molecule has 6 aromatic carbocycles. The fourth-order valence-corrected chi connectivity index (χ4v) is 8.14. The van der Waals surface area contributed by atoms with Crippen LogP contribution in [0.2, 0.25) is 0 Å². The summed E-state index contributed by atoms with van der Waals surface area (Å²) in [5.74, 6) is 0.804. The highest BCUT2D eigenvalue weighted by atomic mass is 79.9. The molecule has 330 valence electrons. The van der Waals surface area contributed by atoms with Crippen LogP contribution in [-0.4, -0.2) is 47.5 Å². The van der Waals surface area contributed by atoms with Gasteiger partial charge in [-0.15, -0.1) is 0 Å². The van der Waals surface area contributed by atoms with E-state index in [1.807, 2.05) is 146 Å². The van der Waals surface area contributed by atoms with Gasteiger partial charge in [-0.1, -0.05) is 92.5 Å². The second kappa shape index (κ2) is 21.1. The lowest BCUT2D eigenvalue weighted by Crippen LogP contribution is -2.07. The van der Waals surface area contributed by atoms with Crippen LogP contribution in [0.5, 0.6) is 23.0 Å². The van der Waals surface area contributed by atoms with Crippen LogP contribution in [0.1, 0.15) is 43.2 Å². The van der Waals surface area contributed by atoms with Crippen molar-refractivity contribution in [3.63, 3.8) is 0 Å². The van der Waals surface area contributed by atoms with Crippen molar-refractivity contribution >= 4 is 43.8 Å². The van der Waals surface area contributed by atoms with Crippen molar-refractivity contribution < 1.29 is 38.4 Å². The zero-order valence-corrected chi connectivity index (χ0v) is 39.6. The summed E-state index contributed by atoms with van der Waals surface area (Å²) >= 11 is 7.16. The predicted molar refractivity (Wildman–Crippen MR) is 260 cm³/mol. The van der Waals surface area contributed by atoms with E-state index in [0.29, 0.717) is 30.3 Å². The number of methoxy groups -OCH3 is 3. The summed E-state index contributed by atoms with van der Waals surface area (Å²) in [6.45, 7) is 4.91. The number of aromatic carboxylic acids is 1. The summed E-state index contributed by atoms with van der Waals surface area (Å²) in [6, 6.07) is 50.6. The molecule has 0 saturated heterocycles. The van der Waals surface area contributed by atoms with Gasteiger partial charge < -0.3 is 37.9 Å². The Hall–Kier alpha value is -7.02. The van der Waals surface area contributed by atoms with E-state index in [9.17, 15) is 14.7 Å². The van der Waals surface area contributed by atoms with Crippen molar-refractivity contribution in [2.24, 2.45) is 0 Å². The number of aromatic nitrogens is 2. The van der Waals surface area contributed by atoms with Crippen LogP contribution in [0.15, 0.2) is 167 Å². The molecule has 2 heterocycles. The Kier molecular flexibility index (Phi) is 14.9. The molecule has 0 amide bonds. The first-order chi connectivity index (χ1) is 31.5. The molecule has 1 N–H and O–H groups in total. The third kappa shape index (κ3) is 10.7. The summed E-state index contributed by atoms with van der Waals surface area (Å²) in [5.41, 5.74) is 9.86. The number of benzene rings is 6. The number of aryl methyl sites for hydroxylation is 2. The normalized spacial score (nSPS) is 10.7. The fraction of sp³-hybridized carbons (Fsp3) is 0.132. The number of hydrogen-bond donors (Lipinski definition) is 1. The van der Waals surface area contributed by atoms with Crippen molar-refractivity contribution in [3.8, 4) is 56.9 Å². The van der Waals surface area contributed by atoms with E-state index in [4.69, 9.17) is 23.7 Å². The molecular weight excluding hydrogens is 952 g/mol. The number of carbonyl (C=O) groups excluding carboxylic acids is 1. The lowest BCUT2D eigenvalue weighted by atomic mass is 10.1. The van der Waals surface area contributed by atoms with Gasteiger partial charge in [-0.05, 0) is 122 Å². The number of carboxylic acids is 1. The number of halogens is 2. The Labute approximate surface area is 394 Å². The van der Waals surface area contributed by atoms with Crippen molar-refractivity contribution in [2.45, 2.75) is 27.1 Å². The zero-order valence-electron chi connectivity index (χ0n) is 36.4. The average molecular weight is 999 g/mol. The Morgan fingerprint density at radius 2 is 0.923 bits per heavy atom. The van der Waals surface area contributed by atoms with Crippen LogP contribution in [-0.2, 0) is 18.0 Å². The van der Waals surface area contributed by atoms with E-state index in [2.05, 4.69) is 42.5 Å². The molecule has 0 aliphatic rings. The van der Waals surface area contributed by atoms with Crippen LogP contribution in [0.25, 0.3) is 33.9 Å². The van der Waals surface area contributed by atoms with Crippen molar-refractivity contribution in [1.82, 2.24) is 9.13 Å². The summed E-state index contributed by atoms with van der Waals surface area (Å²) in [7, 11) is 4.36. The lowest BCUT2D eigenvalue weighted by molar-refractivity contribution is 0.0596. The molecule has 0 spiro atoms. The van der Waals surface area contributed by atoms with E-state index in [1.165, 1.54) is 21.3 Å². The first-order valence-corrected chi connectivity index (χ1v) is 22.1. The van der Waals surface area contributed by atoms with Gasteiger partial charge in [0.2, 0.25) is 0 Å². The molecule has 0 aliphatic heterocycles. The average Bonchev–Trinajstić information content (AvgIpc) is 3.92. The van der Waals surface area contributed by atoms with Crippen molar-refractivity contribution in [1.29, 1.82) is 0 Å². The number of carboxylic acid groups (broad SMARTS) is 1. The van der Waals surface area contributed by atoms with E-state index in [0.717, 1.165) is 76.8 Å². The molecule has 0 saturated carbocycles. The first-order valence-electron chi connectivity index (χ1n) is 20.5. The maximum atomic E-state index is 12.3. The molecule has 10 nitrogen and oxygen atoms in total. The van der Waals surface area contributed by atoms with Gasteiger partial charge in [0, 0.05) is 42.8 Å². The molecule has 12 heteroatoms.